The Morgan fingerprint density at radius 3 is 2.39 bits per heavy atom. The molecule has 1 atom stereocenters. The van der Waals surface area contributed by atoms with Crippen molar-refractivity contribution in [1.82, 2.24) is 16.0 Å². The van der Waals surface area contributed by atoms with Crippen LogP contribution in [0.2, 0.25) is 5.02 Å². The molecule has 0 unspecified atom stereocenters. The van der Waals surface area contributed by atoms with Gasteiger partial charge in [0.1, 0.15) is 11.8 Å². The molecule has 4 N–H and O–H groups in total. The number of hydrogen-bond donors (Lipinski definition) is 4. The zero-order valence-corrected chi connectivity index (χ0v) is 23.0. The molecule has 0 aliphatic carbocycles. The van der Waals surface area contributed by atoms with Gasteiger partial charge in [-0.05, 0) is 53.6 Å². The molecule has 1 aliphatic heterocycles. The minimum absolute atomic E-state index is 0.0155. The maximum Gasteiger partial charge on any atom is 0.330 e. The first-order valence-electron chi connectivity index (χ1n) is 12.5. The Hall–Kier alpha value is -4.90. The minimum Gasteiger partial charge on any atom is -0.497 e. The van der Waals surface area contributed by atoms with Crippen LogP contribution in [0, 0.1) is 0 Å². The summed E-state index contributed by atoms with van der Waals surface area (Å²) in [6, 6.07) is 14.8. The quantitative estimate of drug-likeness (QED) is 0.270. The fourth-order valence-corrected chi connectivity index (χ4v) is 4.50. The number of amides is 4. The highest BCUT2D eigenvalue weighted by molar-refractivity contribution is 6.34. The molecule has 0 spiro atoms. The fourth-order valence-electron chi connectivity index (χ4n) is 4.23. The van der Waals surface area contributed by atoms with Gasteiger partial charge in [0.05, 0.1) is 31.2 Å². The van der Waals surface area contributed by atoms with Gasteiger partial charge in [0.15, 0.2) is 0 Å². The van der Waals surface area contributed by atoms with Gasteiger partial charge in [-0.15, -0.1) is 0 Å². The first-order valence-corrected chi connectivity index (χ1v) is 12.9. The van der Waals surface area contributed by atoms with Crippen molar-refractivity contribution >= 4 is 46.9 Å². The lowest BCUT2D eigenvalue weighted by Gasteiger charge is -2.18. The number of nitrogens with one attached hydrogen (secondary N) is 4. The summed E-state index contributed by atoms with van der Waals surface area (Å²) in [5, 5.41) is 10.6. The minimum atomic E-state index is -1.21. The summed E-state index contributed by atoms with van der Waals surface area (Å²) in [6.07, 6.45) is 0.244. The Morgan fingerprint density at radius 1 is 0.927 bits per heavy atom. The van der Waals surface area contributed by atoms with Crippen LogP contribution in [0.15, 0.2) is 60.7 Å². The molecule has 0 radical (unpaired) electrons. The van der Waals surface area contributed by atoms with Crippen LogP contribution < -0.4 is 26.0 Å². The van der Waals surface area contributed by atoms with Crippen LogP contribution in [0.4, 0.5) is 5.69 Å². The molecule has 3 aromatic rings. The normalized spacial score (nSPS) is 12.4. The summed E-state index contributed by atoms with van der Waals surface area (Å²) in [5.41, 5.74) is 2.90. The molecule has 0 saturated heterocycles. The zero-order valence-electron chi connectivity index (χ0n) is 22.2. The molecule has 41 heavy (non-hydrogen) atoms. The standard InChI is InChI=1S/C29H27ClN4O7/c1-40-19-7-3-5-16(11-19)26(36)32-15-24(29(39)41-2)34-28(38)20-10-9-17(12-22(20)30)27(37)31-14-18-6-4-8-23-21(18)13-25(35)33-23/h3-12,24H,13-15H2,1-2H3,(H,31,37)(H,32,36)(H,33,35)(H,34,38)/t24-/m0/s1. The third-order valence-corrected chi connectivity index (χ3v) is 6.70. The first-order chi connectivity index (χ1) is 19.7. The van der Waals surface area contributed by atoms with Gasteiger partial charge in [-0.3, -0.25) is 19.2 Å². The Kier molecular flexibility index (Phi) is 9.20. The Balaban J connectivity index is 1.38. The van der Waals surface area contributed by atoms with Gasteiger partial charge in [-0.2, -0.15) is 0 Å². The lowest BCUT2D eigenvalue weighted by atomic mass is 10.0. The number of esters is 1. The van der Waals surface area contributed by atoms with Gasteiger partial charge >= 0.3 is 5.97 Å². The lowest BCUT2D eigenvalue weighted by Crippen LogP contribution is -2.49. The van der Waals surface area contributed by atoms with Crippen LogP contribution in [0.5, 0.6) is 5.75 Å². The molecule has 212 valence electrons. The van der Waals surface area contributed by atoms with E-state index in [1.807, 2.05) is 6.07 Å². The van der Waals surface area contributed by atoms with Gasteiger partial charge in [0.25, 0.3) is 17.7 Å². The number of carbonyl (C=O) groups is 5. The smallest absolute Gasteiger partial charge is 0.330 e. The summed E-state index contributed by atoms with van der Waals surface area (Å²) < 4.78 is 9.88. The summed E-state index contributed by atoms with van der Waals surface area (Å²) >= 11 is 6.33. The van der Waals surface area contributed by atoms with Gasteiger partial charge in [0.2, 0.25) is 5.91 Å². The maximum atomic E-state index is 13.0. The van der Waals surface area contributed by atoms with Crippen LogP contribution in [0.25, 0.3) is 0 Å². The van der Waals surface area contributed by atoms with E-state index in [0.717, 1.165) is 23.9 Å². The number of carbonyl (C=O) groups excluding carboxylic acids is 5. The highest BCUT2D eigenvalue weighted by Crippen LogP contribution is 2.26. The van der Waals surface area contributed by atoms with Crippen molar-refractivity contribution in [2.24, 2.45) is 0 Å². The molecule has 0 saturated carbocycles. The van der Waals surface area contributed by atoms with E-state index in [1.165, 1.54) is 31.4 Å². The van der Waals surface area contributed by atoms with E-state index >= 15 is 0 Å². The molecule has 1 aliphatic rings. The second-order valence-electron chi connectivity index (χ2n) is 9.04. The highest BCUT2D eigenvalue weighted by Gasteiger charge is 2.25. The largest absolute Gasteiger partial charge is 0.497 e. The summed E-state index contributed by atoms with van der Waals surface area (Å²) in [4.78, 5) is 62.3. The van der Waals surface area contributed by atoms with Crippen LogP contribution in [0.3, 0.4) is 0 Å². The van der Waals surface area contributed by atoms with Crippen molar-refractivity contribution in [2.75, 3.05) is 26.1 Å². The van der Waals surface area contributed by atoms with Gasteiger partial charge in [-0.25, -0.2) is 4.79 Å². The highest BCUT2D eigenvalue weighted by atomic mass is 35.5. The number of halogens is 1. The average molecular weight is 579 g/mol. The van der Waals surface area contributed by atoms with Crippen molar-refractivity contribution in [2.45, 2.75) is 19.0 Å². The number of rotatable bonds is 10. The predicted octanol–water partition coefficient (Wildman–Crippen LogP) is 2.47. The average Bonchev–Trinajstić information content (AvgIpc) is 3.37. The van der Waals surface area contributed by atoms with Crippen LogP contribution >= 0.6 is 11.6 Å². The lowest BCUT2D eigenvalue weighted by molar-refractivity contribution is -0.142. The van der Waals surface area contributed by atoms with Gasteiger partial charge in [-0.1, -0.05) is 29.8 Å². The molecular formula is C29H27ClN4O7. The van der Waals surface area contributed by atoms with Crippen LogP contribution in [0.1, 0.15) is 42.2 Å². The number of fused-ring (bicyclic) bond motifs is 1. The van der Waals surface area contributed by atoms with Gasteiger partial charge in [0, 0.05) is 29.9 Å². The van der Waals surface area contributed by atoms with Crippen molar-refractivity contribution in [3.8, 4) is 5.75 Å². The van der Waals surface area contributed by atoms with E-state index in [2.05, 4.69) is 21.3 Å². The molecule has 4 rings (SSSR count). The molecule has 0 bridgehead atoms. The number of benzene rings is 3. The first kappa shape index (κ1) is 29.1. The topological polar surface area (TPSA) is 152 Å². The molecule has 1 heterocycles. The molecule has 4 amide bonds. The van der Waals surface area contributed by atoms with E-state index in [-0.39, 0.29) is 41.6 Å². The zero-order chi connectivity index (χ0) is 29.5. The van der Waals surface area contributed by atoms with Crippen molar-refractivity contribution < 1.29 is 33.4 Å². The molecule has 11 nitrogen and oxygen atoms in total. The Labute approximate surface area is 240 Å². The summed E-state index contributed by atoms with van der Waals surface area (Å²) in [7, 11) is 2.63. The number of hydrogen-bond acceptors (Lipinski definition) is 7. The predicted molar refractivity (Wildman–Crippen MR) is 150 cm³/mol. The van der Waals surface area contributed by atoms with E-state index < -0.39 is 29.7 Å². The second kappa shape index (κ2) is 13.0. The van der Waals surface area contributed by atoms with Crippen molar-refractivity contribution in [1.29, 1.82) is 0 Å². The van der Waals surface area contributed by atoms with E-state index in [4.69, 9.17) is 21.1 Å². The van der Waals surface area contributed by atoms with E-state index in [1.54, 1.807) is 30.3 Å². The molecule has 0 fully saturated rings. The molecule has 0 aromatic heterocycles. The monoisotopic (exact) mass is 578 g/mol. The number of ether oxygens (including phenoxy) is 2. The molecular weight excluding hydrogens is 552 g/mol. The third kappa shape index (κ3) is 7.00. The summed E-state index contributed by atoms with van der Waals surface area (Å²) in [5.74, 6) is -2.01. The fraction of sp³-hybridized carbons (Fsp3) is 0.207. The second-order valence-corrected chi connectivity index (χ2v) is 9.44. The maximum absolute atomic E-state index is 13.0. The number of methoxy groups -OCH3 is 2. The van der Waals surface area contributed by atoms with Crippen LogP contribution in [-0.4, -0.2) is 56.4 Å². The van der Waals surface area contributed by atoms with Crippen molar-refractivity contribution in [3.63, 3.8) is 0 Å². The molecule has 12 heteroatoms. The Bertz CT molecular complexity index is 1520. The van der Waals surface area contributed by atoms with Gasteiger partial charge < -0.3 is 30.7 Å². The van der Waals surface area contributed by atoms with E-state index in [0.29, 0.717) is 11.3 Å². The summed E-state index contributed by atoms with van der Waals surface area (Å²) in [6.45, 7) is -0.0595. The van der Waals surface area contributed by atoms with E-state index in [9.17, 15) is 24.0 Å². The third-order valence-electron chi connectivity index (χ3n) is 6.39. The van der Waals surface area contributed by atoms with Crippen molar-refractivity contribution in [3.05, 3.63) is 93.5 Å². The van der Waals surface area contributed by atoms with Crippen LogP contribution in [-0.2, 0) is 27.3 Å². The Morgan fingerprint density at radius 2 is 1.66 bits per heavy atom. The molecule has 3 aromatic carbocycles. The SMILES string of the molecule is COC(=O)[C@H](CNC(=O)c1cccc(OC)c1)NC(=O)c1ccc(C(=O)NCc2cccc3c2CC(=O)N3)cc1Cl. The number of anilines is 1.